The fraction of sp³-hybridized carbons (Fsp3) is 0.448. The van der Waals surface area contributed by atoms with Gasteiger partial charge in [0.25, 0.3) is 0 Å². The summed E-state index contributed by atoms with van der Waals surface area (Å²) in [5, 5.41) is 22.2. The number of likely N-dealkylation sites (N-methyl/N-ethyl adjacent to an activating group) is 1. The van der Waals surface area contributed by atoms with E-state index in [9.17, 15) is 19.5 Å². The van der Waals surface area contributed by atoms with Crippen LogP contribution in [0.2, 0.25) is 0 Å². The molecule has 0 saturated carbocycles. The van der Waals surface area contributed by atoms with E-state index in [0.717, 1.165) is 5.56 Å². The number of hydrogen-bond acceptors (Lipinski definition) is 7. The lowest BCUT2D eigenvalue weighted by atomic mass is 9.84. The summed E-state index contributed by atoms with van der Waals surface area (Å²) in [6, 6.07) is 6.79. The van der Waals surface area contributed by atoms with Crippen molar-refractivity contribution in [3.63, 3.8) is 0 Å². The molecule has 2 aromatic rings. The van der Waals surface area contributed by atoms with Crippen LogP contribution in [0.3, 0.4) is 0 Å². The first kappa shape index (κ1) is 32.6. The summed E-state index contributed by atoms with van der Waals surface area (Å²) >= 11 is 0. The molecule has 11 heteroatoms. The van der Waals surface area contributed by atoms with Gasteiger partial charge in [-0.05, 0) is 48.6 Å². The lowest BCUT2D eigenvalue weighted by Gasteiger charge is -2.24. The number of phenolic OH excluding ortho intramolecular Hbond substituents is 1. The van der Waals surface area contributed by atoms with Crippen LogP contribution in [0.5, 0.6) is 17.2 Å². The normalized spacial score (nSPS) is 12.4. The number of fused-ring (bicyclic) bond motifs is 1. The predicted octanol–water partition coefficient (Wildman–Crippen LogP) is 3.62. The third kappa shape index (κ3) is 7.74. The molecule has 218 valence electrons. The van der Waals surface area contributed by atoms with Crippen molar-refractivity contribution >= 4 is 40.4 Å². The lowest BCUT2D eigenvalue weighted by Crippen LogP contribution is -2.30. The molecule has 2 amide bonds. The molecule has 1 aliphatic heterocycles. The number of carbonyl (C=O) groups is 3. The first-order valence-electron chi connectivity index (χ1n) is 13.0. The number of rotatable bonds is 12. The van der Waals surface area contributed by atoms with Gasteiger partial charge in [0.05, 0.1) is 26.2 Å². The molecule has 10 nitrogen and oxygen atoms in total. The Labute approximate surface area is 245 Å². The summed E-state index contributed by atoms with van der Waals surface area (Å²) in [5.41, 5.74) is 7.80. The van der Waals surface area contributed by atoms with Gasteiger partial charge in [-0.25, -0.2) is 0 Å². The van der Waals surface area contributed by atoms with Crippen LogP contribution in [0.15, 0.2) is 24.3 Å². The van der Waals surface area contributed by atoms with Gasteiger partial charge in [-0.3, -0.25) is 19.8 Å². The third-order valence-corrected chi connectivity index (χ3v) is 6.51. The fourth-order valence-corrected chi connectivity index (χ4v) is 4.44. The van der Waals surface area contributed by atoms with Gasteiger partial charge in [0.1, 0.15) is 11.6 Å². The number of amides is 2. The minimum absolute atomic E-state index is 0. The van der Waals surface area contributed by atoms with E-state index >= 15 is 0 Å². The number of ketones is 1. The second-order valence-electron chi connectivity index (χ2n) is 10.6. The number of halogens is 1. The smallest absolute Gasteiger partial charge is 0.224 e. The number of nitrogens with two attached hydrogens (primary N) is 1. The maximum atomic E-state index is 13.5. The summed E-state index contributed by atoms with van der Waals surface area (Å²) in [7, 11) is 1.57. The van der Waals surface area contributed by atoms with E-state index < -0.39 is 11.3 Å². The van der Waals surface area contributed by atoms with Crippen molar-refractivity contribution < 1.29 is 29.0 Å². The average molecular weight is 620 g/mol. The second-order valence-corrected chi connectivity index (χ2v) is 10.6. The van der Waals surface area contributed by atoms with Crippen molar-refractivity contribution in [1.29, 1.82) is 5.41 Å². The van der Waals surface area contributed by atoms with E-state index in [1.807, 2.05) is 33.8 Å². The molecule has 0 radical (unpaired) electrons. The van der Waals surface area contributed by atoms with Crippen molar-refractivity contribution in [2.45, 2.75) is 58.9 Å². The summed E-state index contributed by atoms with van der Waals surface area (Å²) in [6.45, 7) is 8.51. The highest BCUT2D eigenvalue weighted by Crippen LogP contribution is 2.39. The van der Waals surface area contributed by atoms with Crippen LogP contribution in [0.25, 0.3) is 0 Å². The largest absolute Gasteiger partial charge is 0.504 e. The Kier molecular flexibility index (Phi) is 11.1. The molecule has 3 rings (SSSR count). The second kappa shape index (κ2) is 13.6. The van der Waals surface area contributed by atoms with Crippen molar-refractivity contribution in [1.82, 2.24) is 10.2 Å². The number of phenols is 1. The molecule has 1 heterocycles. The SMILES string of the molecule is Br.CCOc1cc2c(cc1CC(=O)NC)C(=N)N(CC(=O)c1cc(OCCCC(N)=O)c(O)c(C(C)(C)C)c1)C2. The highest BCUT2D eigenvalue weighted by atomic mass is 79.9. The molecule has 1 aliphatic rings. The Balaban J connectivity index is 0.00000560. The van der Waals surface area contributed by atoms with E-state index in [4.69, 9.17) is 20.6 Å². The minimum Gasteiger partial charge on any atom is -0.504 e. The number of hydrogen-bond donors (Lipinski definition) is 4. The highest BCUT2D eigenvalue weighted by molar-refractivity contribution is 8.93. The van der Waals surface area contributed by atoms with E-state index in [1.165, 1.54) is 6.07 Å². The monoisotopic (exact) mass is 618 g/mol. The Morgan fingerprint density at radius 1 is 1.12 bits per heavy atom. The molecular formula is C29H39BrN4O6. The molecule has 0 fully saturated rings. The molecule has 5 N–H and O–H groups in total. The third-order valence-electron chi connectivity index (χ3n) is 6.51. The van der Waals surface area contributed by atoms with Crippen LogP contribution < -0.4 is 20.5 Å². The van der Waals surface area contributed by atoms with Crippen molar-refractivity contribution in [2.24, 2.45) is 5.73 Å². The molecule has 0 spiro atoms. The van der Waals surface area contributed by atoms with Gasteiger partial charge >= 0.3 is 0 Å². The zero-order valence-electron chi connectivity index (χ0n) is 23.7. The Morgan fingerprint density at radius 2 is 1.82 bits per heavy atom. The van der Waals surface area contributed by atoms with E-state index in [1.54, 1.807) is 24.1 Å². The molecule has 40 heavy (non-hydrogen) atoms. The molecular weight excluding hydrogens is 580 g/mol. The van der Waals surface area contributed by atoms with Crippen LogP contribution >= 0.6 is 17.0 Å². The van der Waals surface area contributed by atoms with Gasteiger partial charge in [0, 0.05) is 42.3 Å². The molecule has 0 aliphatic carbocycles. The Bertz CT molecular complexity index is 1290. The molecule has 0 bridgehead atoms. The number of nitrogens with one attached hydrogen (secondary N) is 2. The first-order chi connectivity index (χ1) is 18.3. The van der Waals surface area contributed by atoms with E-state index in [-0.39, 0.29) is 72.0 Å². The summed E-state index contributed by atoms with van der Waals surface area (Å²) in [4.78, 5) is 38.2. The van der Waals surface area contributed by atoms with Crippen LogP contribution in [-0.2, 0) is 28.0 Å². The van der Waals surface area contributed by atoms with Gasteiger partial charge in [0.15, 0.2) is 17.3 Å². The number of aromatic hydroxyl groups is 1. The topological polar surface area (TPSA) is 155 Å². The van der Waals surface area contributed by atoms with Crippen LogP contribution in [0, 0.1) is 5.41 Å². The van der Waals surface area contributed by atoms with Gasteiger partial charge in [-0.15, -0.1) is 17.0 Å². The number of primary amides is 1. The van der Waals surface area contributed by atoms with Gasteiger partial charge in [0.2, 0.25) is 11.8 Å². The maximum absolute atomic E-state index is 13.5. The van der Waals surface area contributed by atoms with E-state index in [2.05, 4.69) is 5.32 Å². The Morgan fingerprint density at radius 3 is 2.42 bits per heavy atom. The van der Waals surface area contributed by atoms with Crippen molar-refractivity contribution in [3.8, 4) is 17.2 Å². The van der Waals surface area contributed by atoms with Crippen molar-refractivity contribution in [3.05, 3.63) is 52.1 Å². The predicted molar refractivity (Wildman–Crippen MR) is 158 cm³/mol. The summed E-state index contributed by atoms with van der Waals surface area (Å²) < 4.78 is 11.5. The number of nitrogens with zero attached hydrogens (tertiary/aromatic N) is 1. The van der Waals surface area contributed by atoms with Crippen LogP contribution in [-0.4, -0.2) is 60.2 Å². The Hall–Kier alpha value is -3.60. The lowest BCUT2D eigenvalue weighted by molar-refractivity contribution is -0.120. The standard InChI is InChI=1S/C29H38N4O6.BrH/c1-6-38-23-13-19-15-33(28(31)20(19)10-18(23)14-26(36)32-5)16-22(34)17-11-21(29(2,3)4)27(37)24(12-17)39-9-7-8-25(30)35;/h10-13,31,37H,6-9,14-16H2,1-5H3,(H2,30,35)(H,32,36);1H. The van der Waals surface area contributed by atoms with E-state index in [0.29, 0.717) is 47.6 Å². The van der Waals surface area contributed by atoms with Gasteiger partial charge in [-0.1, -0.05) is 20.8 Å². The van der Waals surface area contributed by atoms with Crippen LogP contribution in [0.4, 0.5) is 0 Å². The first-order valence-corrected chi connectivity index (χ1v) is 13.0. The number of ether oxygens (including phenoxy) is 2. The van der Waals surface area contributed by atoms with Gasteiger partial charge < -0.3 is 30.5 Å². The zero-order valence-corrected chi connectivity index (χ0v) is 25.4. The van der Waals surface area contributed by atoms with Crippen molar-refractivity contribution in [2.75, 3.05) is 26.8 Å². The number of amidine groups is 1. The summed E-state index contributed by atoms with van der Waals surface area (Å²) in [5.74, 6) is 0.0504. The quantitative estimate of drug-likeness (QED) is 0.209. The van der Waals surface area contributed by atoms with Gasteiger partial charge in [-0.2, -0.15) is 0 Å². The number of Topliss-reactive ketones (excluding diaryl/α,β-unsaturated/α-hetero) is 1. The van der Waals surface area contributed by atoms with Crippen LogP contribution in [0.1, 0.15) is 73.1 Å². The molecule has 0 atom stereocenters. The fourth-order valence-electron chi connectivity index (χ4n) is 4.44. The molecule has 2 aromatic carbocycles. The molecule has 0 aromatic heterocycles. The maximum Gasteiger partial charge on any atom is 0.224 e. The summed E-state index contributed by atoms with van der Waals surface area (Å²) in [6.07, 6.45) is 0.655. The highest BCUT2D eigenvalue weighted by Gasteiger charge is 2.30. The average Bonchev–Trinajstić information content (AvgIpc) is 3.15. The minimum atomic E-state index is -0.473. The molecule has 0 unspecified atom stereocenters. The zero-order chi connectivity index (χ0) is 28.9. The number of benzene rings is 2. The molecule has 0 saturated heterocycles. The number of carbonyl (C=O) groups excluding carboxylic acids is 3.